The van der Waals surface area contributed by atoms with Gasteiger partial charge in [-0.15, -0.1) is 0 Å². The van der Waals surface area contributed by atoms with Crippen LogP contribution in [0.4, 0.5) is 21.8 Å². The molecule has 0 saturated heterocycles. The Balaban J connectivity index is 1.74. The van der Waals surface area contributed by atoms with Gasteiger partial charge in [-0.3, -0.25) is 14.0 Å². The number of fused-ring (bicyclic) bond motifs is 1. The summed E-state index contributed by atoms with van der Waals surface area (Å²) in [5.74, 6) is 5.09. The van der Waals surface area contributed by atoms with Crippen LogP contribution in [-0.2, 0) is 11.8 Å². The van der Waals surface area contributed by atoms with E-state index in [1.54, 1.807) is 53.8 Å². The molecular formula is C21H18FN7O. The third-order valence-corrected chi connectivity index (χ3v) is 4.51. The molecule has 150 valence electrons. The normalized spacial score (nSPS) is 10.5. The summed E-state index contributed by atoms with van der Waals surface area (Å²) in [5.41, 5.74) is 2.26. The Morgan fingerprint density at radius 3 is 2.83 bits per heavy atom. The summed E-state index contributed by atoms with van der Waals surface area (Å²) in [7, 11) is 1.78. The van der Waals surface area contributed by atoms with E-state index in [-0.39, 0.29) is 17.7 Å². The van der Waals surface area contributed by atoms with E-state index in [1.807, 2.05) is 13.0 Å². The Hall–Kier alpha value is -4.19. The van der Waals surface area contributed by atoms with Crippen LogP contribution in [0.25, 0.3) is 16.7 Å². The third kappa shape index (κ3) is 3.58. The number of anilines is 3. The number of hydrogen-bond donors (Lipinski definition) is 2. The van der Waals surface area contributed by atoms with Gasteiger partial charge in [0.2, 0.25) is 5.95 Å². The van der Waals surface area contributed by atoms with E-state index < -0.39 is 5.82 Å². The highest BCUT2D eigenvalue weighted by Crippen LogP contribution is 2.28. The molecule has 30 heavy (non-hydrogen) atoms. The molecule has 3 aromatic heterocycles. The summed E-state index contributed by atoms with van der Waals surface area (Å²) in [4.78, 5) is 20.1. The summed E-state index contributed by atoms with van der Waals surface area (Å²) in [5, 5.41) is 10.7. The monoisotopic (exact) mass is 403 g/mol. The molecule has 4 aromatic rings. The zero-order valence-corrected chi connectivity index (χ0v) is 16.6. The van der Waals surface area contributed by atoms with Gasteiger partial charge in [0, 0.05) is 30.4 Å². The molecule has 3 heterocycles. The SMILES string of the molecule is CC#CC(=O)Nc1ccc2c(c1)c(C)cn2-c1nc(Nc2ccnn2C)ncc1F. The van der Waals surface area contributed by atoms with Crippen molar-refractivity contribution in [2.45, 2.75) is 13.8 Å². The number of rotatable bonds is 4. The van der Waals surface area contributed by atoms with Crippen molar-refractivity contribution in [2.75, 3.05) is 10.6 Å². The highest BCUT2D eigenvalue weighted by Gasteiger charge is 2.15. The molecule has 8 nitrogen and oxygen atoms in total. The van der Waals surface area contributed by atoms with Crippen LogP contribution >= 0.6 is 0 Å². The highest BCUT2D eigenvalue weighted by atomic mass is 19.1. The van der Waals surface area contributed by atoms with Crippen LogP contribution in [0.1, 0.15) is 12.5 Å². The van der Waals surface area contributed by atoms with Gasteiger partial charge >= 0.3 is 0 Å². The molecule has 0 radical (unpaired) electrons. The number of nitrogens with zero attached hydrogens (tertiary/aromatic N) is 5. The van der Waals surface area contributed by atoms with E-state index in [0.717, 1.165) is 22.7 Å². The van der Waals surface area contributed by atoms with Crippen molar-refractivity contribution in [3.05, 3.63) is 54.2 Å². The van der Waals surface area contributed by atoms with Gasteiger partial charge in [-0.05, 0) is 43.5 Å². The summed E-state index contributed by atoms with van der Waals surface area (Å²) in [6, 6.07) is 7.12. The maximum absolute atomic E-state index is 14.6. The van der Waals surface area contributed by atoms with E-state index in [9.17, 15) is 9.18 Å². The molecule has 9 heteroatoms. The fourth-order valence-corrected chi connectivity index (χ4v) is 3.12. The number of carbonyl (C=O) groups is 1. The van der Waals surface area contributed by atoms with Crippen LogP contribution in [-0.4, -0.2) is 30.2 Å². The number of hydrogen-bond acceptors (Lipinski definition) is 5. The maximum Gasteiger partial charge on any atom is 0.300 e. The van der Waals surface area contributed by atoms with Gasteiger partial charge in [0.15, 0.2) is 11.6 Å². The summed E-state index contributed by atoms with van der Waals surface area (Å²) >= 11 is 0. The van der Waals surface area contributed by atoms with Crippen molar-refractivity contribution in [2.24, 2.45) is 7.05 Å². The lowest BCUT2D eigenvalue weighted by molar-refractivity contribution is -0.111. The van der Waals surface area contributed by atoms with Crippen molar-refractivity contribution < 1.29 is 9.18 Å². The van der Waals surface area contributed by atoms with E-state index in [1.165, 1.54) is 0 Å². The lowest BCUT2D eigenvalue weighted by Gasteiger charge is -2.10. The van der Waals surface area contributed by atoms with Crippen LogP contribution in [0, 0.1) is 24.6 Å². The molecule has 0 unspecified atom stereocenters. The summed E-state index contributed by atoms with van der Waals surface area (Å²) in [6.45, 7) is 3.50. The largest absolute Gasteiger partial charge is 0.315 e. The standard InChI is InChI=1S/C21H18FN7O/c1-4-5-19(30)25-14-6-7-17-15(10-14)13(2)12-29(17)20-16(22)11-23-21(27-20)26-18-8-9-24-28(18)3/h6-12H,1-3H3,(H,25,30)(H,23,26,27). The number of amides is 1. The zero-order valence-electron chi connectivity index (χ0n) is 16.6. The quantitative estimate of drug-likeness (QED) is 0.511. The molecule has 0 aliphatic rings. The van der Waals surface area contributed by atoms with Gasteiger partial charge in [0.1, 0.15) is 5.82 Å². The Morgan fingerprint density at radius 2 is 2.10 bits per heavy atom. The van der Waals surface area contributed by atoms with Crippen LogP contribution < -0.4 is 10.6 Å². The summed E-state index contributed by atoms with van der Waals surface area (Å²) < 4.78 is 17.9. The highest BCUT2D eigenvalue weighted by molar-refractivity contribution is 6.05. The van der Waals surface area contributed by atoms with Crippen molar-refractivity contribution >= 4 is 34.3 Å². The van der Waals surface area contributed by atoms with E-state index in [4.69, 9.17) is 0 Å². The average molecular weight is 403 g/mol. The number of nitrogens with one attached hydrogen (secondary N) is 2. The van der Waals surface area contributed by atoms with Crippen molar-refractivity contribution in [1.82, 2.24) is 24.3 Å². The fourth-order valence-electron chi connectivity index (χ4n) is 3.12. The first-order chi connectivity index (χ1) is 14.5. The van der Waals surface area contributed by atoms with Crippen molar-refractivity contribution in [1.29, 1.82) is 0 Å². The third-order valence-electron chi connectivity index (χ3n) is 4.51. The molecule has 2 N–H and O–H groups in total. The number of carbonyl (C=O) groups excluding carboxylic acids is 1. The Labute approximate surface area is 171 Å². The number of benzene rings is 1. The first-order valence-corrected chi connectivity index (χ1v) is 9.09. The van der Waals surface area contributed by atoms with Crippen LogP contribution in [0.15, 0.2) is 42.9 Å². The van der Waals surface area contributed by atoms with Gasteiger partial charge in [-0.25, -0.2) is 9.37 Å². The molecule has 0 fully saturated rings. The molecule has 0 atom stereocenters. The van der Waals surface area contributed by atoms with Crippen LogP contribution in [0.5, 0.6) is 0 Å². The molecule has 0 saturated carbocycles. The van der Waals surface area contributed by atoms with Gasteiger partial charge in [0.25, 0.3) is 5.91 Å². The molecule has 0 aliphatic heterocycles. The molecular weight excluding hydrogens is 385 g/mol. The Bertz CT molecular complexity index is 1330. The smallest absolute Gasteiger partial charge is 0.300 e. The van der Waals surface area contributed by atoms with Crippen LogP contribution in [0.2, 0.25) is 0 Å². The maximum atomic E-state index is 14.6. The van der Waals surface area contributed by atoms with E-state index in [0.29, 0.717) is 11.5 Å². The molecule has 0 bridgehead atoms. The topological polar surface area (TPSA) is 89.7 Å². The first-order valence-electron chi connectivity index (χ1n) is 9.09. The van der Waals surface area contributed by atoms with Gasteiger partial charge in [0.05, 0.1) is 17.9 Å². The van der Waals surface area contributed by atoms with E-state index in [2.05, 4.69) is 37.5 Å². The second-order valence-corrected chi connectivity index (χ2v) is 6.57. The molecule has 0 spiro atoms. The van der Waals surface area contributed by atoms with E-state index >= 15 is 0 Å². The fraction of sp³-hybridized carbons (Fsp3) is 0.143. The van der Waals surface area contributed by atoms with Gasteiger partial charge in [-0.1, -0.05) is 5.92 Å². The number of halogens is 1. The number of aromatic nitrogens is 5. The lowest BCUT2D eigenvalue weighted by Crippen LogP contribution is -2.08. The van der Waals surface area contributed by atoms with Crippen LogP contribution in [0.3, 0.4) is 0 Å². The molecule has 4 rings (SSSR count). The Morgan fingerprint density at radius 1 is 1.27 bits per heavy atom. The molecule has 0 aliphatic carbocycles. The minimum Gasteiger partial charge on any atom is -0.315 e. The second-order valence-electron chi connectivity index (χ2n) is 6.57. The molecule has 1 amide bonds. The first kappa shape index (κ1) is 19.1. The minimum absolute atomic E-state index is 0.112. The minimum atomic E-state index is -0.557. The molecule has 1 aromatic carbocycles. The second kappa shape index (κ2) is 7.67. The van der Waals surface area contributed by atoms with Crippen molar-refractivity contribution in [3.8, 4) is 17.7 Å². The van der Waals surface area contributed by atoms with Crippen molar-refractivity contribution in [3.63, 3.8) is 0 Å². The predicted octanol–water partition coefficient (Wildman–Crippen LogP) is 3.31. The summed E-state index contributed by atoms with van der Waals surface area (Å²) in [6.07, 6.45) is 4.56. The lowest BCUT2D eigenvalue weighted by atomic mass is 10.2. The zero-order chi connectivity index (χ0) is 21.3. The Kier molecular flexibility index (Phi) is 4.90. The van der Waals surface area contributed by atoms with Gasteiger partial charge in [-0.2, -0.15) is 10.1 Å². The van der Waals surface area contributed by atoms with Gasteiger partial charge < -0.3 is 10.6 Å². The number of aryl methyl sites for hydroxylation is 2. The average Bonchev–Trinajstić information content (AvgIpc) is 3.26. The predicted molar refractivity (Wildman–Crippen MR) is 112 cm³/mol.